The molecule has 0 fully saturated rings. The smallest absolute Gasteiger partial charge is 0.237 e. The van der Waals surface area contributed by atoms with E-state index in [2.05, 4.69) is 15.5 Å². The lowest BCUT2D eigenvalue weighted by molar-refractivity contribution is -0.115. The third-order valence-corrected chi connectivity index (χ3v) is 5.33. The number of benzene rings is 2. The summed E-state index contributed by atoms with van der Waals surface area (Å²) < 4.78 is 7.25. The molecule has 0 radical (unpaired) electrons. The first-order valence-corrected chi connectivity index (χ1v) is 9.51. The molecule has 0 aliphatic rings. The zero-order valence-corrected chi connectivity index (χ0v) is 16.7. The number of halogens is 1. The molecule has 0 bridgehead atoms. The molecule has 3 aromatic rings. The molecule has 3 rings (SSSR count). The fourth-order valence-electron chi connectivity index (χ4n) is 2.47. The van der Waals surface area contributed by atoms with Gasteiger partial charge in [-0.05, 0) is 43.3 Å². The van der Waals surface area contributed by atoms with E-state index in [1.165, 1.54) is 11.8 Å². The summed E-state index contributed by atoms with van der Waals surface area (Å²) >= 11 is 7.21. The Labute approximate surface area is 166 Å². The molecule has 6 nitrogen and oxygen atoms in total. The minimum Gasteiger partial charge on any atom is -0.496 e. The van der Waals surface area contributed by atoms with E-state index < -0.39 is 0 Å². The number of nitrogens with zero attached hydrogens (tertiary/aromatic N) is 3. The van der Waals surface area contributed by atoms with E-state index in [1.807, 2.05) is 42.8 Å². The van der Waals surface area contributed by atoms with Crippen LogP contribution in [0.15, 0.2) is 53.7 Å². The topological polar surface area (TPSA) is 69.0 Å². The van der Waals surface area contributed by atoms with Gasteiger partial charge in [0, 0.05) is 17.8 Å². The molecule has 140 valence electrons. The number of rotatable bonds is 6. The van der Waals surface area contributed by atoms with E-state index in [0.717, 1.165) is 11.3 Å². The maximum atomic E-state index is 12.4. The maximum absolute atomic E-state index is 12.4. The van der Waals surface area contributed by atoms with E-state index >= 15 is 0 Å². The number of carbonyl (C=O) groups is 1. The number of nitrogens with one attached hydrogen (secondary N) is 1. The van der Waals surface area contributed by atoms with Crippen molar-refractivity contribution in [3.8, 4) is 17.1 Å². The Balaban J connectivity index is 1.73. The van der Waals surface area contributed by atoms with Gasteiger partial charge in [-0.3, -0.25) is 4.79 Å². The molecule has 1 heterocycles. The molecule has 8 heteroatoms. The molecule has 2 aromatic carbocycles. The number of ether oxygens (including phenoxy) is 1. The van der Waals surface area contributed by atoms with Gasteiger partial charge in [0.1, 0.15) is 5.75 Å². The molecule has 0 saturated carbocycles. The van der Waals surface area contributed by atoms with Crippen molar-refractivity contribution in [3.63, 3.8) is 0 Å². The van der Waals surface area contributed by atoms with Crippen molar-refractivity contribution in [1.82, 2.24) is 14.8 Å². The van der Waals surface area contributed by atoms with Crippen molar-refractivity contribution in [1.29, 1.82) is 0 Å². The van der Waals surface area contributed by atoms with Gasteiger partial charge in [0.2, 0.25) is 5.91 Å². The fraction of sp³-hybridized carbons (Fsp3) is 0.211. The van der Waals surface area contributed by atoms with E-state index in [0.29, 0.717) is 21.7 Å². The van der Waals surface area contributed by atoms with Gasteiger partial charge in [0.25, 0.3) is 0 Å². The number of hydrogen-bond acceptors (Lipinski definition) is 5. The quantitative estimate of drug-likeness (QED) is 0.624. The zero-order valence-electron chi connectivity index (χ0n) is 15.1. The monoisotopic (exact) mass is 402 g/mol. The average Bonchev–Trinajstić information content (AvgIpc) is 3.03. The van der Waals surface area contributed by atoms with Gasteiger partial charge in [0.15, 0.2) is 11.0 Å². The highest BCUT2D eigenvalue weighted by molar-refractivity contribution is 8.00. The second kappa shape index (κ2) is 8.45. The summed E-state index contributed by atoms with van der Waals surface area (Å²) in [7, 11) is 3.49. The molecular formula is C19H19ClN4O2S. The van der Waals surface area contributed by atoms with Crippen LogP contribution >= 0.6 is 23.4 Å². The highest BCUT2D eigenvalue weighted by Crippen LogP contribution is 2.31. The van der Waals surface area contributed by atoms with Gasteiger partial charge in [-0.15, -0.1) is 10.2 Å². The Morgan fingerprint density at radius 2 is 1.89 bits per heavy atom. The Hall–Kier alpha value is -2.51. The van der Waals surface area contributed by atoms with Crippen LogP contribution in [0.25, 0.3) is 11.4 Å². The predicted molar refractivity (Wildman–Crippen MR) is 108 cm³/mol. The minimum absolute atomic E-state index is 0.121. The Morgan fingerprint density at radius 3 is 2.59 bits per heavy atom. The first kappa shape index (κ1) is 19.3. The molecule has 0 spiro atoms. The number of anilines is 1. The average molecular weight is 403 g/mol. The lowest BCUT2D eigenvalue weighted by Crippen LogP contribution is -2.22. The summed E-state index contributed by atoms with van der Waals surface area (Å²) in [6.45, 7) is 1.83. The number of thioether (sulfide) groups is 1. The van der Waals surface area contributed by atoms with Crippen LogP contribution in [0.2, 0.25) is 5.02 Å². The van der Waals surface area contributed by atoms with E-state index in [9.17, 15) is 4.79 Å². The zero-order chi connectivity index (χ0) is 19.4. The van der Waals surface area contributed by atoms with Crippen molar-refractivity contribution in [2.75, 3.05) is 12.4 Å². The van der Waals surface area contributed by atoms with Crippen LogP contribution in [0, 0.1) is 0 Å². The third-order valence-electron chi connectivity index (χ3n) is 3.95. The van der Waals surface area contributed by atoms with Gasteiger partial charge in [0.05, 0.1) is 17.9 Å². The van der Waals surface area contributed by atoms with Crippen molar-refractivity contribution < 1.29 is 9.53 Å². The highest BCUT2D eigenvalue weighted by Gasteiger charge is 2.20. The maximum Gasteiger partial charge on any atom is 0.237 e. The number of hydrogen-bond donors (Lipinski definition) is 1. The standard InChI is InChI=1S/C19H19ClN4O2S/c1-12(18(25)21-14-10-8-13(20)9-11-14)27-19-23-22-17(24(19)2)15-6-4-5-7-16(15)26-3/h4-12H,1-3H3,(H,21,25)/t12-/m0/s1. The van der Waals surface area contributed by atoms with Crippen LogP contribution in [0.4, 0.5) is 5.69 Å². The second-order valence-electron chi connectivity index (χ2n) is 5.82. The van der Waals surface area contributed by atoms with Crippen LogP contribution in [0.3, 0.4) is 0 Å². The number of aromatic nitrogens is 3. The summed E-state index contributed by atoms with van der Waals surface area (Å²) in [5.74, 6) is 1.28. The van der Waals surface area contributed by atoms with Gasteiger partial charge >= 0.3 is 0 Å². The normalized spacial score (nSPS) is 11.9. The largest absolute Gasteiger partial charge is 0.496 e. The van der Waals surface area contributed by atoms with Crippen molar-refractivity contribution in [2.24, 2.45) is 7.05 Å². The van der Waals surface area contributed by atoms with Gasteiger partial charge in [-0.25, -0.2) is 0 Å². The Morgan fingerprint density at radius 1 is 1.19 bits per heavy atom. The number of para-hydroxylation sites is 1. The summed E-state index contributed by atoms with van der Waals surface area (Å²) in [6.07, 6.45) is 0. The number of methoxy groups -OCH3 is 1. The molecule has 0 aliphatic heterocycles. The van der Waals surface area contributed by atoms with Crippen molar-refractivity contribution >= 4 is 35.0 Å². The predicted octanol–water partition coefficient (Wildman–Crippen LogP) is 4.26. The van der Waals surface area contributed by atoms with E-state index in [-0.39, 0.29) is 11.2 Å². The van der Waals surface area contributed by atoms with E-state index in [1.54, 1.807) is 31.4 Å². The van der Waals surface area contributed by atoms with Crippen LogP contribution in [0.1, 0.15) is 6.92 Å². The number of carbonyl (C=O) groups excluding carboxylic acids is 1. The third kappa shape index (κ3) is 4.43. The second-order valence-corrected chi connectivity index (χ2v) is 7.57. The SMILES string of the molecule is COc1ccccc1-c1nnc(S[C@@H](C)C(=O)Nc2ccc(Cl)cc2)n1C. The molecule has 1 amide bonds. The minimum atomic E-state index is -0.353. The number of amides is 1. The molecular weight excluding hydrogens is 384 g/mol. The molecule has 0 unspecified atom stereocenters. The Kier molecular flexibility index (Phi) is 6.03. The molecule has 27 heavy (non-hydrogen) atoms. The van der Waals surface area contributed by atoms with Crippen LogP contribution < -0.4 is 10.1 Å². The summed E-state index contributed by atoms with van der Waals surface area (Å²) in [5.41, 5.74) is 1.55. The molecule has 1 aromatic heterocycles. The first-order valence-electron chi connectivity index (χ1n) is 8.25. The van der Waals surface area contributed by atoms with Crippen molar-refractivity contribution in [3.05, 3.63) is 53.6 Å². The van der Waals surface area contributed by atoms with Crippen LogP contribution in [-0.4, -0.2) is 33.0 Å². The fourth-order valence-corrected chi connectivity index (χ4v) is 3.41. The molecule has 1 atom stereocenters. The lowest BCUT2D eigenvalue weighted by atomic mass is 10.2. The van der Waals surface area contributed by atoms with Crippen LogP contribution in [-0.2, 0) is 11.8 Å². The summed E-state index contributed by atoms with van der Waals surface area (Å²) in [5, 5.41) is 12.3. The molecule has 1 N–H and O–H groups in total. The van der Waals surface area contributed by atoms with E-state index in [4.69, 9.17) is 16.3 Å². The summed E-state index contributed by atoms with van der Waals surface area (Å²) in [6, 6.07) is 14.6. The Bertz CT molecular complexity index is 943. The van der Waals surface area contributed by atoms with Gasteiger partial charge < -0.3 is 14.6 Å². The van der Waals surface area contributed by atoms with Crippen LogP contribution in [0.5, 0.6) is 5.75 Å². The highest BCUT2D eigenvalue weighted by atomic mass is 35.5. The molecule has 0 aliphatic carbocycles. The van der Waals surface area contributed by atoms with Gasteiger partial charge in [-0.2, -0.15) is 0 Å². The molecule has 0 saturated heterocycles. The van der Waals surface area contributed by atoms with Gasteiger partial charge in [-0.1, -0.05) is 35.5 Å². The van der Waals surface area contributed by atoms with Crippen molar-refractivity contribution in [2.45, 2.75) is 17.3 Å². The lowest BCUT2D eigenvalue weighted by Gasteiger charge is -2.12. The summed E-state index contributed by atoms with van der Waals surface area (Å²) in [4.78, 5) is 12.4. The first-order chi connectivity index (χ1) is 13.0.